The van der Waals surface area contributed by atoms with Gasteiger partial charge < -0.3 is 5.32 Å². The molecule has 1 atom stereocenters. The van der Waals surface area contributed by atoms with Crippen molar-refractivity contribution < 1.29 is 0 Å². The molecule has 1 aromatic carbocycles. The van der Waals surface area contributed by atoms with E-state index in [1.54, 1.807) is 11.3 Å². The molecule has 2 aromatic rings. The minimum absolute atomic E-state index is 0.249. The van der Waals surface area contributed by atoms with E-state index in [1.165, 1.54) is 0 Å². The van der Waals surface area contributed by atoms with Gasteiger partial charge in [-0.1, -0.05) is 22.0 Å². The molecule has 1 aromatic heterocycles. The summed E-state index contributed by atoms with van der Waals surface area (Å²) < 4.78 is 1.08. The van der Waals surface area contributed by atoms with E-state index in [9.17, 15) is 0 Å². The van der Waals surface area contributed by atoms with E-state index in [4.69, 9.17) is 0 Å². The van der Waals surface area contributed by atoms with Gasteiger partial charge in [-0.2, -0.15) is 0 Å². The molecule has 0 unspecified atom stereocenters. The van der Waals surface area contributed by atoms with Gasteiger partial charge in [0.15, 0.2) is 0 Å². The lowest BCUT2D eigenvalue weighted by atomic mass is 10.3. The number of nitrogens with zero attached hydrogens (tertiary/aromatic N) is 1. The van der Waals surface area contributed by atoms with Gasteiger partial charge in [-0.25, -0.2) is 4.98 Å². The summed E-state index contributed by atoms with van der Waals surface area (Å²) in [6.07, 6.45) is 1.83. The molecule has 0 aliphatic heterocycles. The second-order valence-electron chi connectivity index (χ2n) is 3.25. The lowest BCUT2D eigenvalue weighted by Gasteiger charge is -2.12. The molecule has 0 spiro atoms. The van der Waals surface area contributed by atoms with Crippen LogP contribution in [-0.4, -0.2) is 4.98 Å². The van der Waals surface area contributed by atoms with Gasteiger partial charge in [-0.3, -0.25) is 0 Å². The van der Waals surface area contributed by atoms with Crippen molar-refractivity contribution in [2.75, 3.05) is 5.32 Å². The van der Waals surface area contributed by atoms with Crippen LogP contribution < -0.4 is 5.32 Å². The Hall–Kier alpha value is -0.870. The molecular formula is C11H11BrN2S. The first kappa shape index (κ1) is 10.6. The average molecular weight is 283 g/mol. The molecule has 78 valence electrons. The van der Waals surface area contributed by atoms with Crippen LogP contribution in [0.4, 0.5) is 5.69 Å². The molecule has 0 fully saturated rings. The van der Waals surface area contributed by atoms with Crippen molar-refractivity contribution in [1.82, 2.24) is 4.98 Å². The minimum Gasteiger partial charge on any atom is -0.376 e. The summed E-state index contributed by atoms with van der Waals surface area (Å²) in [6, 6.07) is 8.39. The average Bonchev–Trinajstić information content (AvgIpc) is 2.70. The summed E-state index contributed by atoms with van der Waals surface area (Å²) in [5, 5.41) is 6.50. The number of halogens is 1. The van der Waals surface area contributed by atoms with Crippen LogP contribution >= 0.6 is 27.3 Å². The van der Waals surface area contributed by atoms with E-state index in [-0.39, 0.29) is 6.04 Å². The highest BCUT2D eigenvalue weighted by Gasteiger charge is 2.07. The van der Waals surface area contributed by atoms with Crippen molar-refractivity contribution >= 4 is 33.0 Å². The first-order valence-corrected chi connectivity index (χ1v) is 6.34. The summed E-state index contributed by atoms with van der Waals surface area (Å²) in [5.74, 6) is 0. The Kier molecular flexibility index (Phi) is 3.38. The molecule has 2 nitrogen and oxygen atoms in total. The predicted molar refractivity (Wildman–Crippen MR) is 68.3 cm³/mol. The monoisotopic (exact) mass is 282 g/mol. The lowest BCUT2D eigenvalue weighted by Crippen LogP contribution is -2.05. The zero-order valence-electron chi connectivity index (χ0n) is 8.27. The highest BCUT2D eigenvalue weighted by atomic mass is 79.9. The Morgan fingerprint density at radius 3 is 3.00 bits per heavy atom. The number of anilines is 1. The maximum atomic E-state index is 4.28. The lowest BCUT2D eigenvalue weighted by molar-refractivity contribution is 0.870. The summed E-state index contributed by atoms with van der Waals surface area (Å²) in [5.41, 5.74) is 1.10. The standard InChI is InChI=1S/C11H11BrN2S/c1-8(11-13-5-6-15-11)14-10-4-2-3-9(12)7-10/h2-8,14H,1H3/t8-/m0/s1. The third-order valence-corrected chi connectivity index (χ3v) is 3.48. The molecule has 4 heteroatoms. The summed E-state index contributed by atoms with van der Waals surface area (Å²) in [7, 11) is 0. The van der Waals surface area contributed by atoms with E-state index in [2.05, 4.69) is 45.3 Å². The Balaban J connectivity index is 2.09. The quantitative estimate of drug-likeness (QED) is 0.918. The molecule has 15 heavy (non-hydrogen) atoms. The second-order valence-corrected chi connectivity index (χ2v) is 5.09. The van der Waals surface area contributed by atoms with Crippen molar-refractivity contribution in [3.8, 4) is 0 Å². The van der Waals surface area contributed by atoms with Crippen LogP contribution in [0.2, 0.25) is 0 Å². The fourth-order valence-electron chi connectivity index (χ4n) is 1.34. The Bertz CT molecular complexity index is 428. The van der Waals surface area contributed by atoms with E-state index in [0.717, 1.165) is 15.2 Å². The van der Waals surface area contributed by atoms with E-state index >= 15 is 0 Å². The van der Waals surface area contributed by atoms with E-state index in [0.29, 0.717) is 0 Å². The summed E-state index contributed by atoms with van der Waals surface area (Å²) in [6.45, 7) is 2.11. The number of aromatic nitrogens is 1. The second kappa shape index (κ2) is 4.77. The van der Waals surface area contributed by atoms with Crippen LogP contribution in [0.25, 0.3) is 0 Å². The molecule has 0 saturated heterocycles. The van der Waals surface area contributed by atoms with Gasteiger partial charge in [0.1, 0.15) is 5.01 Å². The normalized spacial score (nSPS) is 12.4. The van der Waals surface area contributed by atoms with E-state index in [1.807, 2.05) is 23.7 Å². The fourth-order valence-corrected chi connectivity index (χ4v) is 2.38. The largest absolute Gasteiger partial charge is 0.376 e. The molecule has 0 bridgehead atoms. The Morgan fingerprint density at radius 2 is 2.33 bits per heavy atom. The number of thiazole rings is 1. The zero-order chi connectivity index (χ0) is 10.7. The molecule has 1 N–H and O–H groups in total. The SMILES string of the molecule is C[C@H](Nc1cccc(Br)c1)c1nccs1. The number of hydrogen-bond donors (Lipinski definition) is 1. The molecule has 2 rings (SSSR count). The van der Waals surface area contributed by atoms with Crippen molar-refractivity contribution in [3.63, 3.8) is 0 Å². The van der Waals surface area contributed by atoms with Gasteiger partial charge in [0, 0.05) is 21.7 Å². The third kappa shape index (κ3) is 2.79. The van der Waals surface area contributed by atoms with Crippen LogP contribution in [0.15, 0.2) is 40.3 Å². The van der Waals surface area contributed by atoms with Gasteiger partial charge in [0.25, 0.3) is 0 Å². The van der Waals surface area contributed by atoms with Crippen LogP contribution in [-0.2, 0) is 0 Å². The van der Waals surface area contributed by atoms with Crippen LogP contribution in [0.3, 0.4) is 0 Å². The Labute approximate surface area is 101 Å². The van der Waals surface area contributed by atoms with Crippen molar-refractivity contribution in [3.05, 3.63) is 45.3 Å². The number of hydrogen-bond acceptors (Lipinski definition) is 3. The van der Waals surface area contributed by atoms with Crippen LogP contribution in [0, 0.1) is 0 Å². The molecular weight excluding hydrogens is 272 g/mol. The van der Waals surface area contributed by atoms with Crippen molar-refractivity contribution in [2.24, 2.45) is 0 Å². The molecule has 0 aliphatic carbocycles. The number of benzene rings is 1. The predicted octanol–water partition coefficient (Wildman–Crippen LogP) is 4.08. The summed E-state index contributed by atoms with van der Waals surface area (Å²) in [4.78, 5) is 4.28. The summed E-state index contributed by atoms with van der Waals surface area (Å²) >= 11 is 5.12. The first-order chi connectivity index (χ1) is 7.25. The van der Waals surface area contributed by atoms with Gasteiger partial charge in [0.2, 0.25) is 0 Å². The van der Waals surface area contributed by atoms with Crippen molar-refractivity contribution in [1.29, 1.82) is 0 Å². The molecule has 0 aliphatic rings. The number of nitrogens with one attached hydrogen (secondary N) is 1. The van der Waals surface area contributed by atoms with Gasteiger partial charge >= 0.3 is 0 Å². The van der Waals surface area contributed by atoms with E-state index < -0.39 is 0 Å². The minimum atomic E-state index is 0.249. The van der Waals surface area contributed by atoms with Gasteiger partial charge in [0.05, 0.1) is 6.04 Å². The highest BCUT2D eigenvalue weighted by molar-refractivity contribution is 9.10. The fraction of sp³-hybridized carbons (Fsp3) is 0.182. The van der Waals surface area contributed by atoms with Crippen molar-refractivity contribution in [2.45, 2.75) is 13.0 Å². The molecule has 0 saturated carbocycles. The first-order valence-electron chi connectivity index (χ1n) is 4.67. The third-order valence-electron chi connectivity index (χ3n) is 2.03. The molecule has 0 radical (unpaired) electrons. The van der Waals surface area contributed by atoms with Gasteiger partial charge in [-0.15, -0.1) is 11.3 Å². The topological polar surface area (TPSA) is 24.9 Å². The smallest absolute Gasteiger partial charge is 0.115 e. The van der Waals surface area contributed by atoms with Crippen LogP contribution in [0.5, 0.6) is 0 Å². The highest BCUT2D eigenvalue weighted by Crippen LogP contribution is 2.22. The van der Waals surface area contributed by atoms with Gasteiger partial charge in [-0.05, 0) is 25.1 Å². The molecule has 0 amide bonds. The number of rotatable bonds is 3. The zero-order valence-corrected chi connectivity index (χ0v) is 10.7. The Morgan fingerprint density at radius 1 is 1.47 bits per heavy atom. The maximum absolute atomic E-state index is 4.28. The van der Waals surface area contributed by atoms with Crippen LogP contribution in [0.1, 0.15) is 18.0 Å². The maximum Gasteiger partial charge on any atom is 0.115 e. The molecule has 1 heterocycles.